The number of nitrogens with one attached hydrogen (secondary N) is 2. The normalized spacial score (nSPS) is 13.0. The topological polar surface area (TPSA) is 88.4 Å². The Labute approximate surface area is 172 Å². The quantitative estimate of drug-likeness (QED) is 0.352. The van der Waals surface area contributed by atoms with Gasteiger partial charge in [-0.15, -0.1) is 24.0 Å². The Kier molecular flexibility index (Phi) is 9.06. The number of aromatic nitrogens is 2. The maximum absolute atomic E-state index is 11.3. The Morgan fingerprint density at radius 1 is 1.35 bits per heavy atom. The van der Waals surface area contributed by atoms with Crippen molar-refractivity contribution in [3.63, 3.8) is 0 Å². The van der Waals surface area contributed by atoms with Gasteiger partial charge in [0.25, 0.3) is 0 Å². The lowest BCUT2D eigenvalue weighted by Crippen LogP contribution is -2.42. The molecule has 7 nitrogen and oxygen atoms in total. The van der Waals surface area contributed by atoms with Gasteiger partial charge in [-0.25, -0.2) is 13.4 Å². The minimum atomic E-state index is -2.96. The number of aliphatic imine (C=N–C) groups is 1. The molecule has 1 heterocycles. The Hall–Kier alpha value is -1.62. The molecule has 2 N–H and O–H groups in total. The van der Waals surface area contributed by atoms with Gasteiger partial charge in [0.15, 0.2) is 5.96 Å². The van der Waals surface area contributed by atoms with Crippen LogP contribution in [0.5, 0.6) is 0 Å². The van der Waals surface area contributed by atoms with E-state index >= 15 is 0 Å². The fourth-order valence-electron chi connectivity index (χ4n) is 2.38. The lowest BCUT2D eigenvalue weighted by Gasteiger charge is -2.18. The fraction of sp³-hybridized carbons (Fsp3) is 0.412. The summed E-state index contributed by atoms with van der Waals surface area (Å²) in [5.74, 6) is 0.795. The SMILES string of the molecule is CN=C(NCc1ccccc1-n1ccnc1)NC(C)CCS(C)(=O)=O.I. The molecule has 1 aromatic heterocycles. The van der Waals surface area contributed by atoms with E-state index in [0.29, 0.717) is 18.9 Å². The zero-order valence-electron chi connectivity index (χ0n) is 15.2. The van der Waals surface area contributed by atoms with Crippen LogP contribution in [-0.2, 0) is 16.4 Å². The lowest BCUT2D eigenvalue weighted by atomic mass is 10.1. The highest BCUT2D eigenvalue weighted by atomic mass is 127. The molecule has 0 saturated carbocycles. The van der Waals surface area contributed by atoms with Crippen LogP contribution < -0.4 is 10.6 Å². The molecule has 0 bridgehead atoms. The second-order valence-corrected chi connectivity index (χ2v) is 8.25. The first-order chi connectivity index (χ1) is 11.9. The van der Waals surface area contributed by atoms with Crippen LogP contribution in [0.25, 0.3) is 5.69 Å². The van der Waals surface area contributed by atoms with Gasteiger partial charge in [-0.2, -0.15) is 0 Å². The summed E-state index contributed by atoms with van der Waals surface area (Å²) in [6, 6.07) is 8.05. The molecule has 0 amide bonds. The number of imidazole rings is 1. The van der Waals surface area contributed by atoms with Gasteiger partial charge >= 0.3 is 0 Å². The number of guanidine groups is 1. The van der Waals surface area contributed by atoms with E-state index < -0.39 is 9.84 Å². The highest BCUT2D eigenvalue weighted by molar-refractivity contribution is 14.0. The third kappa shape index (κ3) is 7.32. The summed E-state index contributed by atoms with van der Waals surface area (Å²) in [6.45, 7) is 2.53. The second-order valence-electron chi connectivity index (χ2n) is 5.99. The van der Waals surface area contributed by atoms with Crippen molar-refractivity contribution in [2.24, 2.45) is 4.99 Å². The summed E-state index contributed by atoms with van der Waals surface area (Å²) in [5.41, 5.74) is 2.15. The smallest absolute Gasteiger partial charge is 0.191 e. The molecule has 0 spiro atoms. The van der Waals surface area contributed by atoms with Crippen LogP contribution in [0.1, 0.15) is 18.9 Å². The Bertz CT molecular complexity index is 806. The number of hydrogen-bond acceptors (Lipinski definition) is 4. The van der Waals surface area contributed by atoms with Crippen molar-refractivity contribution in [1.29, 1.82) is 0 Å². The van der Waals surface area contributed by atoms with E-state index in [1.165, 1.54) is 6.26 Å². The number of para-hydroxylation sites is 1. The molecule has 144 valence electrons. The van der Waals surface area contributed by atoms with Crippen molar-refractivity contribution in [2.45, 2.75) is 25.9 Å². The maximum Gasteiger partial charge on any atom is 0.191 e. The number of rotatable bonds is 7. The summed E-state index contributed by atoms with van der Waals surface area (Å²) in [6.07, 6.45) is 7.19. The number of halogens is 1. The molecule has 0 saturated heterocycles. The molecule has 26 heavy (non-hydrogen) atoms. The standard InChI is InChI=1S/C17H25N5O2S.HI/c1-14(8-11-25(3,23)24)21-17(18-2)20-12-15-6-4-5-7-16(15)22-10-9-19-13-22;/h4-7,9-10,13-14H,8,11-12H2,1-3H3,(H2,18,20,21);1H. The molecule has 2 aromatic rings. The van der Waals surface area contributed by atoms with Crippen molar-refractivity contribution < 1.29 is 8.42 Å². The third-order valence-electron chi connectivity index (χ3n) is 3.75. The molecule has 0 radical (unpaired) electrons. The van der Waals surface area contributed by atoms with Gasteiger partial charge in [0.2, 0.25) is 0 Å². The Morgan fingerprint density at radius 3 is 2.69 bits per heavy atom. The van der Waals surface area contributed by atoms with Gasteiger partial charge in [0, 0.05) is 38.3 Å². The monoisotopic (exact) mass is 491 g/mol. The Morgan fingerprint density at radius 2 is 2.08 bits per heavy atom. The van der Waals surface area contributed by atoms with Crippen LogP contribution in [-0.4, -0.2) is 49.0 Å². The first kappa shape index (κ1) is 22.4. The molecule has 0 aliphatic heterocycles. The molecule has 0 aliphatic rings. The predicted molar refractivity (Wildman–Crippen MR) is 116 cm³/mol. The summed E-state index contributed by atoms with van der Waals surface area (Å²) in [5, 5.41) is 6.49. The summed E-state index contributed by atoms with van der Waals surface area (Å²) < 4.78 is 24.5. The van der Waals surface area contributed by atoms with Crippen LogP contribution >= 0.6 is 24.0 Å². The summed E-state index contributed by atoms with van der Waals surface area (Å²) in [4.78, 5) is 8.29. The molecule has 1 atom stereocenters. The number of hydrogen-bond donors (Lipinski definition) is 2. The largest absolute Gasteiger partial charge is 0.354 e. The van der Waals surface area contributed by atoms with Crippen molar-refractivity contribution in [2.75, 3.05) is 19.1 Å². The molecule has 0 fully saturated rings. The van der Waals surface area contributed by atoms with Crippen molar-refractivity contribution in [1.82, 2.24) is 20.2 Å². The van der Waals surface area contributed by atoms with E-state index in [1.54, 1.807) is 19.6 Å². The van der Waals surface area contributed by atoms with Gasteiger partial charge in [-0.05, 0) is 25.0 Å². The lowest BCUT2D eigenvalue weighted by molar-refractivity contribution is 0.581. The van der Waals surface area contributed by atoms with E-state index in [4.69, 9.17) is 0 Å². The van der Waals surface area contributed by atoms with E-state index in [9.17, 15) is 8.42 Å². The van der Waals surface area contributed by atoms with Crippen molar-refractivity contribution >= 4 is 39.8 Å². The molecule has 9 heteroatoms. The second kappa shape index (κ2) is 10.5. The first-order valence-electron chi connectivity index (χ1n) is 8.10. The van der Waals surface area contributed by atoms with E-state index in [0.717, 1.165) is 11.3 Å². The average Bonchev–Trinajstić information content (AvgIpc) is 3.10. The molecule has 1 aromatic carbocycles. The van der Waals surface area contributed by atoms with Crippen LogP contribution in [0.3, 0.4) is 0 Å². The number of benzene rings is 1. The number of sulfone groups is 1. The van der Waals surface area contributed by atoms with Crippen LogP contribution in [0, 0.1) is 0 Å². The molecular formula is C17H26IN5O2S. The van der Waals surface area contributed by atoms with Gasteiger partial charge in [-0.1, -0.05) is 18.2 Å². The zero-order chi connectivity index (χ0) is 18.3. The van der Waals surface area contributed by atoms with Gasteiger partial charge in [0.05, 0.1) is 17.8 Å². The van der Waals surface area contributed by atoms with Crippen LogP contribution in [0.2, 0.25) is 0 Å². The summed E-state index contributed by atoms with van der Waals surface area (Å²) >= 11 is 0. The zero-order valence-corrected chi connectivity index (χ0v) is 18.4. The number of nitrogens with zero attached hydrogens (tertiary/aromatic N) is 3. The van der Waals surface area contributed by atoms with Crippen LogP contribution in [0.4, 0.5) is 0 Å². The molecule has 1 unspecified atom stereocenters. The van der Waals surface area contributed by atoms with E-state index in [-0.39, 0.29) is 35.8 Å². The van der Waals surface area contributed by atoms with E-state index in [1.807, 2.05) is 42.0 Å². The molecular weight excluding hydrogens is 465 g/mol. The highest BCUT2D eigenvalue weighted by Crippen LogP contribution is 2.13. The minimum Gasteiger partial charge on any atom is -0.354 e. The first-order valence-corrected chi connectivity index (χ1v) is 10.2. The fourth-order valence-corrected chi connectivity index (χ4v) is 3.17. The Balaban J connectivity index is 0.00000338. The predicted octanol–water partition coefficient (Wildman–Crippen LogP) is 1.98. The van der Waals surface area contributed by atoms with Gasteiger partial charge in [0.1, 0.15) is 9.84 Å². The average molecular weight is 491 g/mol. The van der Waals surface area contributed by atoms with Gasteiger partial charge < -0.3 is 15.2 Å². The molecule has 2 rings (SSSR count). The maximum atomic E-state index is 11.3. The third-order valence-corrected chi connectivity index (χ3v) is 4.73. The van der Waals surface area contributed by atoms with Gasteiger partial charge in [-0.3, -0.25) is 4.99 Å². The highest BCUT2D eigenvalue weighted by Gasteiger charge is 2.10. The van der Waals surface area contributed by atoms with E-state index in [2.05, 4.69) is 20.6 Å². The molecule has 0 aliphatic carbocycles. The minimum absolute atomic E-state index is 0. The summed E-state index contributed by atoms with van der Waals surface area (Å²) in [7, 11) is -1.26. The van der Waals surface area contributed by atoms with Crippen LogP contribution in [0.15, 0.2) is 48.0 Å². The van der Waals surface area contributed by atoms with Crippen molar-refractivity contribution in [3.8, 4) is 5.69 Å². The van der Waals surface area contributed by atoms with Crippen molar-refractivity contribution in [3.05, 3.63) is 48.5 Å².